The molecule has 0 spiro atoms. The van der Waals surface area contributed by atoms with E-state index < -0.39 is 0 Å². The van der Waals surface area contributed by atoms with Crippen LogP contribution in [-0.2, 0) is 4.79 Å². The van der Waals surface area contributed by atoms with Gasteiger partial charge in [0.05, 0.1) is 20.1 Å². The van der Waals surface area contributed by atoms with Gasteiger partial charge in [0.2, 0.25) is 11.9 Å². The van der Waals surface area contributed by atoms with Gasteiger partial charge in [-0.3, -0.25) is 4.79 Å². The van der Waals surface area contributed by atoms with Crippen molar-refractivity contribution in [3.8, 4) is 11.5 Å². The Morgan fingerprint density at radius 3 is 2.62 bits per heavy atom. The predicted octanol–water partition coefficient (Wildman–Crippen LogP) is 2.37. The van der Waals surface area contributed by atoms with Crippen LogP contribution in [0.3, 0.4) is 0 Å². The van der Waals surface area contributed by atoms with Crippen LogP contribution in [0.2, 0.25) is 0 Å². The van der Waals surface area contributed by atoms with E-state index in [1.54, 1.807) is 44.6 Å². The summed E-state index contributed by atoms with van der Waals surface area (Å²) in [6, 6.07) is 7.28. The third kappa shape index (κ3) is 3.71. The van der Waals surface area contributed by atoms with E-state index in [4.69, 9.17) is 9.47 Å². The first-order valence-electron chi connectivity index (χ1n) is 8.65. The number of hydrogen-bond acceptors (Lipinski definition) is 6. The third-order valence-corrected chi connectivity index (χ3v) is 4.69. The van der Waals surface area contributed by atoms with Crippen LogP contribution in [0.4, 0.5) is 11.6 Å². The summed E-state index contributed by atoms with van der Waals surface area (Å²) in [6.07, 6.45) is 5.25. The number of carbonyl (C=O) groups excluding carboxylic acids is 1. The largest absolute Gasteiger partial charge is 0.493 e. The van der Waals surface area contributed by atoms with Gasteiger partial charge in [-0.25, -0.2) is 9.97 Å². The minimum absolute atomic E-state index is 0.0813. The van der Waals surface area contributed by atoms with Gasteiger partial charge in [-0.05, 0) is 31.0 Å². The zero-order valence-electron chi connectivity index (χ0n) is 15.4. The number of anilines is 2. The number of piperidine rings is 1. The molecule has 1 fully saturated rings. The third-order valence-electron chi connectivity index (χ3n) is 4.69. The maximum absolute atomic E-state index is 13.0. The Morgan fingerprint density at radius 1 is 1.19 bits per heavy atom. The lowest BCUT2D eigenvalue weighted by Gasteiger charge is -2.34. The smallest absolute Gasteiger partial charge is 0.231 e. The molecule has 1 saturated heterocycles. The summed E-state index contributed by atoms with van der Waals surface area (Å²) in [5.41, 5.74) is 0.778. The molecule has 0 saturated carbocycles. The second-order valence-corrected chi connectivity index (χ2v) is 6.27. The van der Waals surface area contributed by atoms with E-state index in [9.17, 15) is 4.79 Å². The van der Waals surface area contributed by atoms with Crippen molar-refractivity contribution in [2.24, 2.45) is 5.92 Å². The van der Waals surface area contributed by atoms with Crippen LogP contribution < -0.4 is 19.3 Å². The van der Waals surface area contributed by atoms with Gasteiger partial charge in [-0.15, -0.1) is 0 Å². The first-order chi connectivity index (χ1) is 12.6. The number of carbonyl (C=O) groups is 1. The van der Waals surface area contributed by atoms with Crippen LogP contribution >= 0.6 is 0 Å². The molecule has 7 heteroatoms. The Balaban J connectivity index is 1.74. The van der Waals surface area contributed by atoms with Crippen LogP contribution in [0.5, 0.6) is 11.5 Å². The highest BCUT2D eigenvalue weighted by Crippen LogP contribution is 2.32. The maximum atomic E-state index is 13.0. The second-order valence-electron chi connectivity index (χ2n) is 6.27. The summed E-state index contributed by atoms with van der Waals surface area (Å²) in [5.74, 6) is 1.91. The zero-order chi connectivity index (χ0) is 18.5. The monoisotopic (exact) mass is 356 g/mol. The van der Waals surface area contributed by atoms with Gasteiger partial charge in [0.15, 0.2) is 11.5 Å². The van der Waals surface area contributed by atoms with Gasteiger partial charge in [-0.2, -0.15) is 0 Å². The van der Waals surface area contributed by atoms with E-state index in [1.807, 2.05) is 18.2 Å². The van der Waals surface area contributed by atoms with Crippen LogP contribution in [-0.4, -0.2) is 50.2 Å². The minimum Gasteiger partial charge on any atom is -0.493 e. The number of benzene rings is 1. The predicted molar refractivity (Wildman–Crippen MR) is 99.9 cm³/mol. The molecule has 0 aliphatic carbocycles. The van der Waals surface area contributed by atoms with E-state index in [1.165, 1.54) is 0 Å². The molecule has 1 aliphatic rings. The molecule has 1 atom stereocenters. The highest BCUT2D eigenvalue weighted by atomic mass is 16.5. The number of hydrogen-bond donors (Lipinski definition) is 0. The standard InChI is InChI=1S/C19H24N4O3/c1-22(15-7-8-16(25-2)17(12-15)26-3)18(24)14-6-4-11-23(13-14)19-20-9-5-10-21-19/h5,7-10,12,14H,4,6,11,13H2,1-3H3/t14-/m1/s1. The van der Waals surface area contributed by atoms with Crippen LogP contribution in [0.15, 0.2) is 36.7 Å². The summed E-state index contributed by atoms with van der Waals surface area (Å²) in [6.45, 7) is 1.49. The Morgan fingerprint density at radius 2 is 1.92 bits per heavy atom. The fourth-order valence-electron chi connectivity index (χ4n) is 3.25. The van der Waals surface area contributed by atoms with Crippen molar-refractivity contribution in [1.29, 1.82) is 0 Å². The molecule has 0 bridgehead atoms. The molecule has 2 heterocycles. The van der Waals surface area contributed by atoms with Crippen molar-refractivity contribution in [2.75, 3.05) is 44.2 Å². The first-order valence-corrected chi connectivity index (χ1v) is 8.65. The van der Waals surface area contributed by atoms with Crippen molar-refractivity contribution in [1.82, 2.24) is 9.97 Å². The first kappa shape index (κ1) is 18.0. The molecule has 0 N–H and O–H groups in total. The molecule has 0 unspecified atom stereocenters. The Kier molecular flexibility index (Phi) is 5.55. The SMILES string of the molecule is COc1ccc(N(C)C(=O)[C@@H]2CCCN(c3ncccn3)C2)cc1OC. The number of aromatic nitrogens is 2. The summed E-state index contributed by atoms with van der Waals surface area (Å²) < 4.78 is 10.6. The quantitative estimate of drug-likeness (QED) is 0.819. The molecule has 2 aromatic rings. The summed E-state index contributed by atoms with van der Waals surface area (Å²) >= 11 is 0. The molecule has 1 aromatic carbocycles. The number of nitrogens with zero attached hydrogens (tertiary/aromatic N) is 4. The number of rotatable bonds is 5. The average molecular weight is 356 g/mol. The molecule has 1 amide bonds. The lowest BCUT2D eigenvalue weighted by molar-refractivity contribution is -0.122. The maximum Gasteiger partial charge on any atom is 0.231 e. The highest BCUT2D eigenvalue weighted by Gasteiger charge is 2.29. The van der Waals surface area contributed by atoms with Crippen molar-refractivity contribution in [2.45, 2.75) is 12.8 Å². The topological polar surface area (TPSA) is 67.8 Å². The van der Waals surface area contributed by atoms with Gasteiger partial charge >= 0.3 is 0 Å². The Hall–Kier alpha value is -2.83. The normalized spacial score (nSPS) is 16.9. The Bertz CT molecular complexity index is 754. The molecule has 1 aromatic heterocycles. The van der Waals surface area contributed by atoms with E-state index in [-0.39, 0.29) is 11.8 Å². The van der Waals surface area contributed by atoms with E-state index in [0.717, 1.165) is 25.1 Å². The van der Waals surface area contributed by atoms with Gasteiger partial charge in [-0.1, -0.05) is 0 Å². The number of ether oxygens (including phenoxy) is 2. The van der Waals surface area contributed by atoms with Crippen molar-refractivity contribution < 1.29 is 14.3 Å². The van der Waals surface area contributed by atoms with Crippen LogP contribution in [0.1, 0.15) is 12.8 Å². The van der Waals surface area contributed by atoms with E-state index in [2.05, 4.69) is 14.9 Å². The summed E-state index contributed by atoms with van der Waals surface area (Å²) in [7, 11) is 4.97. The second kappa shape index (κ2) is 8.03. The lowest BCUT2D eigenvalue weighted by atomic mass is 9.96. The Labute approximate surface area is 153 Å². The van der Waals surface area contributed by atoms with Gasteiger partial charge < -0.3 is 19.3 Å². The molecule has 138 valence electrons. The van der Waals surface area contributed by atoms with Gasteiger partial charge in [0.25, 0.3) is 0 Å². The average Bonchev–Trinajstić information content (AvgIpc) is 2.72. The molecule has 3 rings (SSSR count). The summed E-state index contributed by atoms with van der Waals surface area (Å²) in [4.78, 5) is 25.4. The van der Waals surface area contributed by atoms with Crippen molar-refractivity contribution in [3.63, 3.8) is 0 Å². The minimum atomic E-state index is -0.0920. The fraction of sp³-hybridized carbons (Fsp3) is 0.421. The van der Waals surface area contributed by atoms with Crippen molar-refractivity contribution >= 4 is 17.5 Å². The molecule has 1 aliphatic heterocycles. The zero-order valence-corrected chi connectivity index (χ0v) is 15.4. The lowest BCUT2D eigenvalue weighted by Crippen LogP contribution is -2.44. The van der Waals surface area contributed by atoms with E-state index >= 15 is 0 Å². The molecular weight excluding hydrogens is 332 g/mol. The van der Waals surface area contributed by atoms with Crippen molar-refractivity contribution in [3.05, 3.63) is 36.7 Å². The molecular formula is C19H24N4O3. The van der Waals surface area contributed by atoms with E-state index in [0.29, 0.717) is 24.0 Å². The molecule has 0 radical (unpaired) electrons. The van der Waals surface area contributed by atoms with Crippen LogP contribution in [0, 0.1) is 5.92 Å². The fourth-order valence-corrected chi connectivity index (χ4v) is 3.25. The molecule has 7 nitrogen and oxygen atoms in total. The van der Waals surface area contributed by atoms with Crippen LogP contribution in [0.25, 0.3) is 0 Å². The highest BCUT2D eigenvalue weighted by molar-refractivity contribution is 5.95. The van der Waals surface area contributed by atoms with Gasteiger partial charge in [0.1, 0.15) is 0 Å². The molecule has 26 heavy (non-hydrogen) atoms. The number of amides is 1. The number of methoxy groups -OCH3 is 2. The van der Waals surface area contributed by atoms with Gasteiger partial charge in [0, 0.05) is 44.3 Å². The summed E-state index contributed by atoms with van der Waals surface area (Å²) in [5, 5.41) is 0.